The minimum absolute atomic E-state index is 0.123. The van der Waals surface area contributed by atoms with Crippen molar-refractivity contribution in [3.05, 3.63) is 83.7 Å². The smallest absolute Gasteiger partial charge is 0.379 e. The molecule has 0 saturated heterocycles. The molecular formula is C20H12ClNO3. The van der Waals surface area contributed by atoms with Gasteiger partial charge in [-0.15, -0.1) is 0 Å². The molecule has 0 aliphatic rings. The van der Waals surface area contributed by atoms with E-state index in [1.807, 2.05) is 36.4 Å². The van der Waals surface area contributed by atoms with Crippen molar-refractivity contribution in [3.63, 3.8) is 0 Å². The summed E-state index contributed by atoms with van der Waals surface area (Å²) in [6.45, 7) is 0. The Labute approximate surface area is 148 Å². The Balaban J connectivity index is 1.60. The van der Waals surface area contributed by atoms with Gasteiger partial charge in [0.2, 0.25) is 5.76 Å². The van der Waals surface area contributed by atoms with E-state index in [1.54, 1.807) is 36.5 Å². The van der Waals surface area contributed by atoms with E-state index >= 15 is 0 Å². The minimum atomic E-state index is -0.571. The number of ether oxygens (including phenoxy) is 1. The summed E-state index contributed by atoms with van der Waals surface area (Å²) in [5.41, 5.74) is 1.46. The van der Waals surface area contributed by atoms with Crippen LogP contribution in [0.5, 0.6) is 5.75 Å². The van der Waals surface area contributed by atoms with Crippen molar-refractivity contribution in [2.75, 3.05) is 0 Å². The van der Waals surface area contributed by atoms with Crippen LogP contribution in [-0.4, -0.2) is 11.0 Å². The Morgan fingerprint density at radius 1 is 0.960 bits per heavy atom. The standard InChI is InChI=1S/C20H12ClNO3/c21-15-8-6-13(7-9-15)16-10-11-18(24-16)20(23)25-17-5-1-3-14-4-2-12-22-19(14)17/h1-12H. The number of esters is 1. The molecule has 2 heterocycles. The molecule has 25 heavy (non-hydrogen) atoms. The molecule has 0 amide bonds. The highest BCUT2D eigenvalue weighted by Gasteiger charge is 2.16. The second-order valence-corrected chi connectivity index (χ2v) is 5.83. The van der Waals surface area contributed by atoms with Gasteiger partial charge < -0.3 is 9.15 Å². The van der Waals surface area contributed by atoms with E-state index in [9.17, 15) is 4.79 Å². The molecule has 5 heteroatoms. The van der Waals surface area contributed by atoms with Crippen molar-refractivity contribution >= 4 is 28.5 Å². The number of carbonyl (C=O) groups excluding carboxylic acids is 1. The first-order chi connectivity index (χ1) is 12.2. The molecule has 122 valence electrons. The van der Waals surface area contributed by atoms with Gasteiger partial charge in [0, 0.05) is 22.2 Å². The van der Waals surface area contributed by atoms with Crippen molar-refractivity contribution in [2.24, 2.45) is 0 Å². The first kappa shape index (κ1) is 15.4. The van der Waals surface area contributed by atoms with Gasteiger partial charge in [-0.05, 0) is 48.5 Å². The van der Waals surface area contributed by atoms with Gasteiger partial charge in [-0.1, -0.05) is 29.8 Å². The maximum Gasteiger partial charge on any atom is 0.379 e. The largest absolute Gasteiger partial charge is 0.449 e. The minimum Gasteiger partial charge on any atom is -0.449 e. The molecule has 0 aliphatic carbocycles. The lowest BCUT2D eigenvalue weighted by molar-refractivity contribution is 0.0704. The van der Waals surface area contributed by atoms with Crippen LogP contribution in [-0.2, 0) is 0 Å². The van der Waals surface area contributed by atoms with Gasteiger partial charge >= 0.3 is 5.97 Å². The second-order valence-electron chi connectivity index (χ2n) is 5.39. The zero-order valence-electron chi connectivity index (χ0n) is 13.0. The van der Waals surface area contributed by atoms with Crippen molar-refractivity contribution in [1.82, 2.24) is 4.98 Å². The predicted molar refractivity (Wildman–Crippen MR) is 95.9 cm³/mol. The van der Waals surface area contributed by atoms with Crippen LogP contribution in [0.25, 0.3) is 22.2 Å². The second kappa shape index (κ2) is 6.42. The van der Waals surface area contributed by atoms with E-state index in [0.717, 1.165) is 10.9 Å². The first-order valence-corrected chi connectivity index (χ1v) is 8.00. The highest BCUT2D eigenvalue weighted by molar-refractivity contribution is 6.30. The molecule has 0 saturated carbocycles. The number of hydrogen-bond donors (Lipinski definition) is 0. The van der Waals surface area contributed by atoms with E-state index < -0.39 is 5.97 Å². The molecule has 4 nitrogen and oxygen atoms in total. The van der Waals surface area contributed by atoms with Crippen LogP contribution in [0.3, 0.4) is 0 Å². The van der Waals surface area contributed by atoms with E-state index in [0.29, 0.717) is 22.0 Å². The number of fused-ring (bicyclic) bond motifs is 1. The summed E-state index contributed by atoms with van der Waals surface area (Å²) in [5, 5.41) is 1.53. The topological polar surface area (TPSA) is 52.3 Å². The zero-order chi connectivity index (χ0) is 17.2. The number of halogens is 1. The number of nitrogens with zero attached hydrogens (tertiary/aromatic N) is 1. The maximum absolute atomic E-state index is 12.4. The zero-order valence-corrected chi connectivity index (χ0v) is 13.7. The molecule has 0 unspecified atom stereocenters. The lowest BCUT2D eigenvalue weighted by atomic mass is 10.2. The summed E-state index contributed by atoms with van der Waals surface area (Å²) in [7, 11) is 0. The summed E-state index contributed by atoms with van der Waals surface area (Å²) >= 11 is 5.88. The van der Waals surface area contributed by atoms with Crippen LogP contribution in [0.4, 0.5) is 0 Å². The molecule has 0 fully saturated rings. The monoisotopic (exact) mass is 349 g/mol. The summed E-state index contributed by atoms with van der Waals surface area (Å²) in [5.74, 6) is 0.517. The Kier molecular flexibility index (Phi) is 3.96. The van der Waals surface area contributed by atoms with Gasteiger partial charge in [0.15, 0.2) is 5.75 Å². The molecule has 0 bridgehead atoms. The summed E-state index contributed by atoms with van der Waals surface area (Å²) in [6.07, 6.45) is 1.66. The molecular weight excluding hydrogens is 338 g/mol. The Hall–Kier alpha value is -3.11. The first-order valence-electron chi connectivity index (χ1n) is 7.62. The van der Waals surface area contributed by atoms with Gasteiger partial charge in [0.25, 0.3) is 0 Å². The Bertz CT molecular complexity index is 1050. The van der Waals surface area contributed by atoms with Gasteiger partial charge in [-0.3, -0.25) is 4.98 Å². The van der Waals surface area contributed by atoms with Crippen LogP contribution in [0.15, 0.2) is 77.3 Å². The van der Waals surface area contributed by atoms with E-state index in [2.05, 4.69) is 4.98 Å². The fourth-order valence-corrected chi connectivity index (χ4v) is 2.65. The van der Waals surface area contributed by atoms with E-state index in [-0.39, 0.29) is 5.76 Å². The molecule has 0 aliphatic heterocycles. The normalized spacial score (nSPS) is 10.8. The Morgan fingerprint density at radius 3 is 2.60 bits per heavy atom. The van der Waals surface area contributed by atoms with Crippen molar-refractivity contribution in [1.29, 1.82) is 0 Å². The van der Waals surface area contributed by atoms with Crippen molar-refractivity contribution in [2.45, 2.75) is 0 Å². The van der Waals surface area contributed by atoms with Crippen molar-refractivity contribution < 1.29 is 13.9 Å². The summed E-state index contributed by atoms with van der Waals surface area (Å²) in [6, 6.07) is 19.7. The van der Waals surface area contributed by atoms with Crippen molar-refractivity contribution in [3.8, 4) is 17.1 Å². The quantitative estimate of drug-likeness (QED) is 0.368. The van der Waals surface area contributed by atoms with Crippen LogP contribution in [0.2, 0.25) is 5.02 Å². The number of rotatable bonds is 3. The highest BCUT2D eigenvalue weighted by Crippen LogP contribution is 2.26. The molecule has 0 spiro atoms. The number of aromatic nitrogens is 1. The molecule has 0 radical (unpaired) electrons. The lowest BCUT2D eigenvalue weighted by Gasteiger charge is -2.05. The molecule has 4 rings (SSSR count). The molecule has 4 aromatic rings. The maximum atomic E-state index is 12.4. The molecule has 2 aromatic carbocycles. The number of benzene rings is 2. The number of pyridine rings is 1. The predicted octanol–water partition coefficient (Wildman–Crippen LogP) is 5.37. The van der Waals surface area contributed by atoms with Gasteiger partial charge in [0.05, 0.1) is 0 Å². The average Bonchev–Trinajstić information content (AvgIpc) is 3.13. The molecule has 0 atom stereocenters. The fraction of sp³-hybridized carbons (Fsp3) is 0. The van der Waals surface area contributed by atoms with Gasteiger partial charge in [0.1, 0.15) is 11.3 Å². The summed E-state index contributed by atoms with van der Waals surface area (Å²) in [4.78, 5) is 16.7. The third-order valence-corrected chi connectivity index (χ3v) is 3.99. The highest BCUT2D eigenvalue weighted by atomic mass is 35.5. The third-order valence-electron chi connectivity index (χ3n) is 3.73. The van der Waals surface area contributed by atoms with Crippen LogP contribution in [0.1, 0.15) is 10.6 Å². The Morgan fingerprint density at radius 2 is 1.76 bits per heavy atom. The SMILES string of the molecule is O=C(Oc1cccc2cccnc12)c1ccc(-c2ccc(Cl)cc2)o1. The number of carbonyl (C=O) groups is 1. The fourth-order valence-electron chi connectivity index (χ4n) is 2.53. The number of furan rings is 1. The number of para-hydroxylation sites is 1. The van der Waals surface area contributed by atoms with Crippen LogP contribution < -0.4 is 4.74 Å². The van der Waals surface area contributed by atoms with Gasteiger partial charge in [-0.2, -0.15) is 0 Å². The van der Waals surface area contributed by atoms with E-state index in [1.165, 1.54) is 0 Å². The van der Waals surface area contributed by atoms with Crippen LogP contribution >= 0.6 is 11.6 Å². The third kappa shape index (κ3) is 3.12. The van der Waals surface area contributed by atoms with Crippen LogP contribution in [0, 0.1) is 0 Å². The number of hydrogen-bond acceptors (Lipinski definition) is 4. The van der Waals surface area contributed by atoms with E-state index in [4.69, 9.17) is 20.8 Å². The van der Waals surface area contributed by atoms with Gasteiger partial charge in [-0.25, -0.2) is 4.79 Å². The summed E-state index contributed by atoms with van der Waals surface area (Å²) < 4.78 is 11.1. The lowest BCUT2D eigenvalue weighted by Crippen LogP contribution is -2.07. The molecule has 2 aromatic heterocycles. The molecule has 0 N–H and O–H groups in total. The average molecular weight is 350 g/mol.